The normalized spacial score (nSPS) is 10.5. The van der Waals surface area contributed by atoms with Gasteiger partial charge in [-0.05, 0) is 31.2 Å². The first-order chi connectivity index (χ1) is 12.5. The van der Waals surface area contributed by atoms with E-state index in [2.05, 4.69) is 4.98 Å². The van der Waals surface area contributed by atoms with Crippen molar-refractivity contribution in [1.29, 1.82) is 0 Å². The molecule has 0 fully saturated rings. The molecule has 0 saturated heterocycles. The number of aromatic nitrogens is 1. The second-order valence-electron chi connectivity index (χ2n) is 5.72. The van der Waals surface area contributed by atoms with Crippen molar-refractivity contribution in [3.8, 4) is 11.1 Å². The van der Waals surface area contributed by atoms with Gasteiger partial charge in [-0.3, -0.25) is 4.98 Å². The molecule has 0 saturated carbocycles. The highest BCUT2D eigenvalue weighted by Gasteiger charge is 2.23. The number of hydrogen-bond acceptors (Lipinski definition) is 4. The van der Waals surface area contributed by atoms with Gasteiger partial charge < -0.3 is 21.9 Å². The first-order valence-electron chi connectivity index (χ1n) is 8.03. The Morgan fingerprint density at radius 3 is 2.63 bits per heavy atom. The van der Waals surface area contributed by atoms with Gasteiger partial charge in [0.2, 0.25) is 0 Å². The molecule has 0 N–H and O–H groups in total. The number of benzene rings is 2. The maximum Gasteiger partial charge on any atom is 0.340 e. The average molecular weight is 409 g/mol. The minimum Gasteiger partial charge on any atom is -1.00 e. The van der Waals surface area contributed by atoms with E-state index in [-0.39, 0.29) is 31.2 Å². The Kier molecular flexibility index (Phi) is 7.13. The van der Waals surface area contributed by atoms with Crippen molar-refractivity contribution in [2.75, 3.05) is 20.3 Å². The van der Waals surface area contributed by atoms with Crippen LogP contribution in [0.25, 0.3) is 22.0 Å². The Balaban J connectivity index is 0.00000261. The quantitative estimate of drug-likeness (QED) is 0.477. The van der Waals surface area contributed by atoms with Crippen LogP contribution in [-0.4, -0.2) is 31.3 Å². The molecule has 2 aromatic carbocycles. The number of ether oxygens (including phenoxy) is 2. The molecule has 0 aliphatic rings. The van der Waals surface area contributed by atoms with Gasteiger partial charge in [0.1, 0.15) is 12.4 Å². The molecule has 142 valence electrons. The standard InChI is InChI=1S/C20H17ClFNO3.ClH/c1-12-18(20(24)26-10-9-25-2)19(14-5-3-4-6-16(14)22)15-11-13(21)7-8-17(15)23-12;/h3-8,11H,9-10H2,1-2H3;1H/p-1. The van der Waals surface area contributed by atoms with Crippen LogP contribution in [0.4, 0.5) is 4.39 Å². The summed E-state index contributed by atoms with van der Waals surface area (Å²) in [5.41, 5.74) is 2.03. The Morgan fingerprint density at radius 2 is 1.93 bits per heavy atom. The fourth-order valence-electron chi connectivity index (χ4n) is 2.84. The van der Waals surface area contributed by atoms with Gasteiger partial charge >= 0.3 is 5.97 Å². The Morgan fingerprint density at radius 1 is 1.19 bits per heavy atom. The summed E-state index contributed by atoms with van der Waals surface area (Å²) < 4.78 is 24.7. The third kappa shape index (κ3) is 4.38. The highest BCUT2D eigenvalue weighted by molar-refractivity contribution is 6.31. The lowest BCUT2D eigenvalue weighted by Crippen LogP contribution is -3.00. The molecule has 1 heterocycles. The van der Waals surface area contributed by atoms with Crippen LogP contribution >= 0.6 is 11.6 Å². The van der Waals surface area contributed by atoms with E-state index in [0.717, 1.165) is 0 Å². The summed E-state index contributed by atoms with van der Waals surface area (Å²) in [5, 5.41) is 1.06. The fourth-order valence-corrected chi connectivity index (χ4v) is 3.01. The van der Waals surface area contributed by atoms with Crippen LogP contribution in [0.15, 0.2) is 42.5 Å². The van der Waals surface area contributed by atoms with E-state index < -0.39 is 11.8 Å². The summed E-state index contributed by atoms with van der Waals surface area (Å²) in [4.78, 5) is 17.2. The molecule has 0 spiro atoms. The smallest absolute Gasteiger partial charge is 0.340 e. The van der Waals surface area contributed by atoms with Crippen LogP contribution in [0.3, 0.4) is 0 Å². The highest BCUT2D eigenvalue weighted by atomic mass is 35.5. The summed E-state index contributed by atoms with van der Waals surface area (Å²) in [6, 6.07) is 11.4. The van der Waals surface area contributed by atoms with E-state index in [1.807, 2.05) is 0 Å². The predicted octanol–water partition coefficient (Wildman–Crippen LogP) is 1.81. The number of halogens is 3. The SMILES string of the molecule is COCCOC(=O)c1c(C)nc2ccc(Cl)cc2c1-c1ccccc1F.[Cl-]. The van der Waals surface area contributed by atoms with Gasteiger partial charge in [-0.15, -0.1) is 0 Å². The molecule has 0 radical (unpaired) electrons. The van der Waals surface area contributed by atoms with Gasteiger partial charge in [-0.1, -0.05) is 29.8 Å². The number of aryl methyl sites for hydroxylation is 1. The van der Waals surface area contributed by atoms with Crippen molar-refractivity contribution in [3.05, 3.63) is 64.6 Å². The molecule has 27 heavy (non-hydrogen) atoms. The average Bonchev–Trinajstić information content (AvgIpc) is 2.62. The third-order valence-corrected chi connectivity index (χ3v) is 4.23. The molecule has 0 amide bonds. The zero-order valence-electron chi connectivity index (χ0n) is 14.8. The molecule has 0 unspecified atom stereocenters. The maximum atomic E-state index is 14.6. The first-order valence-corrected chi connectivity index (χ1v) is 8.41. The summed E-state index contributed by atoms with van der Waals surface area (Å²) in [7, 11) is 1.52. The number of rotatable bonds is 5. The number of hydrogen-bond donors (Lipinski definition) is 0. The Bertz CT molecular complexity index is 979. The van der Waals surface area contributed by atoms with Crippen molar-refractivity contribution < 1.29 is 31.1 Å². The van der Waals surface area contributed by atoms with Crippen LogP contribution in [0.5, 0.6) is 0 Å². The van der Waals surface area contributed by atoms with Crippen molar-refractivity contribution in [2.24, 2.45) is 0 Å². The molecule has 0 aliphatic carbocycles. The van der Waals surface area contributed by atoms with Crippen molar-refractivity contribution in [3.63, 3.8) is 0 Å². The molecule has 4 nitrogen and oxygen atoms in total. The molecule has 0 atom stereocenters. The van der Waals surface area contributed by atoms with Crippen LogP contribution in [-0.2, 0) is 9.47 Å². The summed E-state index contributed by atoms with van der Waals surface area (Å²) in [6.07, 6.45) is 0. The van der Waals surface area contributed by atoms with Crippen LogP contribution in [0.1, 0.15) is 16.1 Å². The van der Waals surface area contributed by atoms with E-state index in [1.54, 1.807) is 43.3 Å². The molecular weight excluding hydrogens is 392 g/mol. The Labute approximate surface area is 167 Å². The number of carbonyl (C=O) groups is 1. The largest absolute Gasteiger partial charge is 1.00 e. The molecule has 3 aromatic rings. The van der Waals surface area contributed by atoms with E-state index >= 15 is 0 Å². The summed E-state index contributed by atoms with van der Waals surface area (Å²) in [5.74, 6) is -1.02. The minimum atomic E-state index is -0.577. The van der Waals surface area contributed by atoms with Crippen LogP contribution in [0, 0.1) is 12.7 Å². The van der Waals surface area contributed by atoms with E-state index in [4.69, 9.17) is 21.1 Å². The van der Waals surface area contributed by atoms with Gasteiger partial charge in [0.05, 0.1) is 23.4 Å². The maximum absolute atomic E-state index is 14.6. The molecule has 3 rings (SSSR count). The highest BCUT2D eigenvalue weighted by Crippen LogP contribution is 2.36. The minimum absolute atomic E-state index is 0. The van der Waals surface area contributed by atoms with Gasteiger partial charge in [0.15, 0.2) is 0 Å². The van der Waals surface area contributed by atoms with Crippen LogP contribution < -0.4 is 12.4 Å². The molecule has 1 aromatic heterocycles. The number of methoxy groups -OCH3 is 1. The van der Waals surface area contributed by atoms with Crippen LogP contribution in [0.2, 0.25) is 5.02 Å². The zero-order valence-corrected chi connectivity index (χ0v) is 16.3. The van der Waals surface area contributed by atoms with Crippen molar-refractivity contribution in [2.45, 2.75) is 6.92 Å². The van der Waals surface area contributed by atoms with E-state index in [0.29, 0.717) is 32.7 Å². The number of carbonyl (C=O) groups excluding carboxylic acids is 1. The molecule has 0 bridgehead atoms. The molecule has 7 heteroatoms. The van der Waals surface area contributed by atoms with E-state index in [1.165, 1.54) is 13.2 Å². The zero-order chi connectivity index (χ0) is 18.7. The topological polar surface area (TPSA) is 48.4 Å². The van der Waals surface area contributed by atoms with E-state index in [9.17, 15) is 9.18 Å². The Hall–Kier alpha value is -2.21. The monoisotopic (exact) mass is 408 g/mol. The lowest BCUT2D eigenvalue weighted by atomic mass is 9.94. The number of fused-ring (bicyclic) bond motifs is 1. The lowest BCUT2D eigenvalue weighted by Gasteiger charge is -2.16. The van der Waals surface area contributed by atoms with Gasteiger partial charge in [-0.2, -0.15) is 0 Å². The fraction of sp³-hybridized carbons (Fsp3) is 0.200. The molecule has 0 aliphatic heterocycles. The third-order valence-electron chi connectivity index (χ3n) is 4.00. The summed E-state index contributed by atoms with van der Waals surface area (Å²) >= 11 is 6.14. The second kappa shape index (κ2) is 9.13. The van der Waals surface area contributed by atoms with Gasteiger partial charge in [0, 0.05) is 28.6 Å². The van der Waals surface area contributed by atoms with Crippen molar-refractivity contribution >= 4 is 28.5 Å². The number of esters is 1. The van der Waals surface area contributed by atoms with Crippen molar-refractivity contribution in [1.82, 2.24) is 4.98 Å². The number of pyridine rings is 1. The van der Waals surface area contributed by atoms with Gasteiger partial charge in [-0.25, -0.2) is 9.18 Å². The predicted molar refractivity (Wildman–Crippen MR) is 99.0 cm³/mol. The number of nitrogens with zero attached hydrogens (tertiary/aromatic N) is 1. The second-order valence-corrected chi connectivity index (χ2v) is 6.15. The van der Waals surface area contributed by atoms with Gasteiger partial charge in [0.25, 0.3) is 0 Å². The lowest BCUT2D eigenvalue weighted by molar-refractivity contribution is -0.0000257. The first kappa shape index (κ1) is 21.1. The summed E-state index contributed by atoms with van der Waals surface area (Å²) in [6.45, 7) is 2.07. The molecular formula is C20H17Cl2FNO3-.